The Balaban J connectivity index is 1.16. The number of carbonyl (C=O) groups is 1. The summed E-state index contributed by atoms with van der Waals surface area (Å²) in [4.78, 5) is 12.6. The minimum Gasteiger partial charge on any atom is -0.446 e. The van der Waals surface area contributed by atoms with Crippen LogP contribution in [0.4, 0.5) is 4.79 Å². The maximum atomic E-state index is 12.6. The fourth-order valence-corrected chi connectivity index (χ4v) is 10.3. The summed E-state index contributed by atoms with van der Waals surface area (Å²) >= 11 is 0. The number of rotatable bonds is 18. The molecule has 4 aliphatic carbocycles. The third-order valence-corrected chi connectivity index (χ3v) is 12.9. The molecule has 3 saturated carbocycles. The number of carbonyl (C=O) groups excluding carboxylic acids is 1. The van der Waals surface area contributed by atoms with Gasteiger partial charge in [-0.1, -0.05) is 66.0 Å². The molecule has 1 amide bonds. The van der Waals surface area contributed by atoms with Gasteiger partial charge in [-0.25, -0.2) is 4.79 Å². The monoisotopic (exact) mass is 615 g/mol. The number of nitrogens with two attached hydrogens (primary N) is 1. The van der Waals surface area contributed by atoms with Crippen molar-refractivity contribution >= 4 is 6.09 Å². The topological polar surface area (TPSA) is 88.4 Å². The molecule has 6 nitrogen and oxygen atoms in total. The molecule has 9 atom stereocenters. The largest absolute Gasteiger partial charge is 0.446 e. The zero-order valence-electron chi connectivity index (χ0n) is 29.3. The summed E-state index contributed by atoms with van der Waals surface area (Å²) < 4.78 is 5.97. The number of hydrogen-bond acceptors (Lipinski definition) is 5. The molecule has 254 valence electrons. The molecule has 0 aromatic heterocycles. The molecule has 4 aliphatic rings. The number of alkyl carbamates (subject to hydrolysis) is 1. The summed E-state index contributed by atoms with van der Waals surface area (Å²) in [6.07, 6.45) is 22.4. The van der Waals surface area contributed by atoms with Crippen LogP contribution in [-0.2, 0) is 4.74 Å². The second kappa shape index (κ2) is 17.2. The first-order valence-electron chi connectivity index (χ1n) is 18.9. The van der Waals surface area contributed by atoms with Gasteiger partial charge in [0.05, 0.1) is 0 Å². The standard InChI is InChI=1S/C38H70N4O2/c1-28(2)11-8-12-29(3)33-15-16-34-32-14-13-30-27-31(17-19-37(30,4)35(32)18-20-38(33,34)5)44-36(43)42-26-10-25-41-23-7-6-22-40-24-9-21-39/h13-14,28-35,40-41H,6-12,15-27,39H2,1-5H3,(H,42,43). The van der Waals surface area contributed by atoms with Crippen molar-refractivity contribution in [3.63, 3.8) is 0 Å². The summed E-state index contributed by atoms with van der Waals surface area (Å²) in [5, 5.41) is 9.92. The van der Waals surface area contributed by atoms with Crippen molar-refractivity contribution in [3.8, 4) is 0 Å². The van der Waals surface area contributed by atoms with Gasteiger partial charge in [0, 0.05) is 6.54 Å². The zero-order valence-corrected chi connectivity index (χ0v) is 29.3. The van der Waals surface area contributed by atoms with E-state index in [0.717, 1.165) is 93.9 Å². The smallest absolute Gasteiger partial charge is 0.407 e. The molecule has 0 heterocycles. The van der Waals surface area contributed by atoms with Crippen LogP contribution in [0, 0.1) is 52.3 Å². The van der Waals surface area contributed by atoms with Gasteiger partial charge in [0.15, 0.2) is 0 Å². The minimum absolute atomic E-state index is 0.0438. The second-order valence-electron chi connectivity index (χ2n) is 16.2. The summed E-state index contributed by atoms with van der Waals surface area (Å²) in [6.45, 7) is 18.0. The summed E-state index contributed by atoms with van der Waals surface area (Å²) in [5.74, 6) is 5.51. The van der Waals surface area contributed by atoms with Gasteiger partial charge < -0.3 is 26.4 Å². The van der Waals surface area contributed by atoms with Crippen molar-refractivity contribution in [2.24, 2.45) is 58.0 Å². The quantitative estimate of drug-likeness (QED) is 0.0940. The van der Waals surface area contributed by atoms with Crippen LogP contribution in [0.25, 0.3) is 0 Å². The van der Waals surface area contributed by atoms with Gasteiger partial charge in [-0.05, 0) is 156 Å². The Bertz CT molecular complexity index is 894. The van der Waals surface area contributed by atoms with E-state index in [4.69, 9.17) is 10.5 Å². The van der Waals surface area contributed by atoms with E-state index in [0.29, 0.717) is 23.3 Å². The van der Waals surface area contributed by atoms with Crippen molar-refractivity contribution in [2.75, 3.05) is 39.3 Å². The molecule has 0 aromatic rings. The van der Waals surface area contributed by atoms with Crippen molar-refractivity contribution in [1.82, 2.24) is 16.0 Å². The van der Waals surface area contributed by atoms with E-state index in [9.17, 15) is 4.79 Å². The number of ether oxygens (including phenoxy) is 1. The van der Waals surface area contributed by atoms with Crippen molar-refractivity contribution < 1.29 is 9.53 Å². The lowest BCUT2D eigenvalue weighted by Crippen LogP contribution is -2.52. The van der Waals surface area contributed by atoms with Crippen molar-refractivity contribution in [3.05, 3.63) is 12.2 Å². The first-order chi connectivity index (χ1) is 21.2. The predicted molar refractivity (Wildman–Crippen MR) is 185 cm³/mol. The molecular weight excluding hydrogens is 544 g/mol. The van der Waals surface area contributed by atoms with E-state index in [1.807, 2.05) is 0 Å². The molecule has 0 spiro atoms. The van der Waals surface area contributed by atoms with E-state index in [1.54, 1.807) is 0 Å². The maximum absolute atomic E-state index is 12.6. The van der Waals surface area contributed by atoms with E-state index < -0.39 is 0 Å². The van der Waals surface area contributed by atoms with Gasteiger partial charge in [0.1, 0.15) is 6.10 Å². The Morgan fingerprint density at radius 2 is 1.50 bits per heavy atom. The van der Waals surface area contributed by atoms with E-state index in [-0.39, 0.29) is 12.2 Å². The average molecular weight is 615 g/mol. The normalized spacial score (nSPS) is 35.2. The first kappa shape index (κ1) is 35.7. The molecule has 4 rings (SSSR count). The molecule has 6 heteroatoms. The highest BCUT2D eigenvalue weighted by molar-refractivity contribution is 5.67. The number of allylic oxidation sites excluding steroid dienone is 2. The van der Waals surface area contributed by atoms with Crippen LogP contribution < -0.4 is 21.7 Å². The molecule has 0 radical (unpaired) electrons. The van der Waals surface area contributed by atoms with Crippen molar-refractivity contribution in [1.29, 1.82) is 0 Å². The maximum Gasteiger partial charge on any atom is 0.407 e. The highest BCUT2D eigenvalue weighted by Crippen LogP contribution is 2.67. The summed E-state index contributed by atoms with van der Waals surface area (Å²) in [6, 6.07) is 0. The highest BCUT2D eigenvalue weighted by Gasteiger charge is 2.59. The van der Waals surface area contributed by atoms with E-state index in [2.05, 4.69) is 62.7 Å². The van der Waals surface area contributed by atoms with Gasteiger partial charge in [0.25, 0.3) is 0 Å². The Morgan fingerprint density at radius 1 is 0.818 bits per heavy atom. The van der Waals surface area contributed by atoms with Crippen LogP contribution in [0.5, 0.6) is 0 Å². The first-order valence-corrected chi connectivity index (χ1v) is 18.9. The van der Waals surface area contributed by atoms with Crippen LogP contribution in [0.3, 0.4) is 0 Å². The van der Waals surface area contributed by atoms with Crippen LogP contribution in [-0.4, -0.2) is 51.5 Å². The molecule has 0 bridgehead atoms. The molecule has 44 heavy (non-hydrogen) atoms. The van der Waals surface area contributed by atoms with Crippen LogP contribution in [0.2, 0.25) is 0 Å². The lowest BCUT2D eigenvalue weighted by molar-refractivity contribution is -0.0826. The van der Waals surface area contributed by atoms with Gasteiger partial charge in [-0.15, -0.1) is 0 Å². The molecule has 0 aliphatic heterocycles. The SMILES string of the molecule is CC(C)CCCC(C)C1CCC2C3C=CC4CC(OC(=O)NCCCNCCCCNCCCN)CCC4(C)C3CCC12C. The molecule has 9 unspecified atom stereocenters. The predicted octanol–water partition coefficient (Wildman–Crippen LogP) is 7.68. The Labute approximate surface area is 271 Å². The molecule has 5 N–H and O–H groups in total. The number of hydrogen-bond donors (Lipinski definition) is 4. The number of amides is 1. The molecule has 0 aromatic carbocycles. The molecule has 3 fully saturated rings. The average Bonchev–Trinajstić information content (AvgIpc) is 3.35. The van der Waals surface area contributed by atoms with E-state index in [1.165, 1.54) is 64.2 Å². The fourth-order valence-electron chi connectivity index (χ4n) is 10.3. The molecule has 0 saturated heterocycles. The van der Waals surface area contributed by atoms with Gasteiger partial charge in [-0.3, -0.25) is 0 Å². The highest BCUT2D eigenvalue weighted by atomic mass is 16.6. The van der Waals surface area contributed by atoms with Crippen LogP contribution in [0.1, 0.15) is 125 Å². The number of nitrogens with one attached hydrogen (secondary N) is 3. The summed E-state index contributed by atoms with van der Waals surface area (Å²) in [7, 11) is 0. The van der Waals surface area contributed by atoms with E-state index >= 15 is 0 Å². The van der Waals surface area contributed by atoms with Crippen LogP contribution >= 0.6 is 0 Å². The van der Waals surface area contributed by atoms with Gasteiger partial charge in [0.2, 0.25) is 0 Å². The summed E-state index contributed by atoms with van der Waals surface area (Å²) in [5.41, 5.74) is 6.38. The minimum atomic E-state index is -0.229. The third-order valence-electron chi connectivity index (χ3n) is 12.9. The lowest BCUT2D eigenvalue weighted by atomic mass is 9.46. The lowest BCUT2D eigenvalue weighted by Gasteiger charge is -2.59. The Hall–Kier alpha value is -1.11. The van der Waals surface area contributed by atoms with Gasteiger partial charge in [-0.2, -0.15) is 0 Å². The Kier molecular flexibility index (Phi) is 13.9. The van der Waals surface area contributed by atoms with Gasteiger partial charge >= 0.3 is 6.09 Å². The fraction of sp³-hybridized carbons (Fsp3) is 0.921. The zero-order chi connectivity index (χ0) is 31.6. The third kappa shape index (κ3) is 9.03. The number of unbranched alkanes of at least 4 members (excludes halogenated alkanes) is 1. The van der Waals surface area contributed by atoms with Crippen molar-refractivity contribution in [2.45, 2.75) is 131 Å². The Morgan fingerprint density at radius 3 is 2.23 bits per heavy atom. The molecular formula is C38H70N4O2. The second-order valence-corrected chi connectivity index (χ2v) is 16.2. The van der Waals surface area contributed by atoms with Crippen LogP contribution in [0.15, 0.2) is 12.2 Å². The number of fused-ring (bicyclic) bond motifs is 5.